The average Bonchev–Trinajstić information content (AvgIpc) is 3.12. The van der Waals surface area contributed by atoms with E-state index in [-0.39, 0.29) is 30.0 Å². The van der Waals surface area contributed by atoms with Gasteiger partial charge in [0, 0.05) is 26.0 Å². The fourth-order valence-electron chi connectivity index (χ4n) is 2.26. The second-order valence-corrected chi connectivity index (χ2v) is 6.24. The first-order valence-corrected chi connectivity index (χ1v) is 9.20. The lowest BCUT2D eigenvalue weighted by Gasteiger charge is -2.19. The van der Waals surface area contributed by atoms with Crippen LogP contribution in [0.1, 0.15) is 24.9 Å². The van der Waals surface area contributed by atoms with E-state index in [4.69, 9.17) is 0 Å². The van der Waals surface area contributed by atoms with Crippen LogP contribution in [-0.2, 0) is 0 Å². The summed E-state index contributed by atoms with van der Waals surface area (Å²) in [5.41, 5.74) is 2.26. The Morgan fingerprint density at radius 1 is 1.38 bits per heavy atom. The molecule has 1 atom stereocenters. The van der Waals surface area contributed by atoms with Crippen LogP contribution >= 0.6 is 35.7 Å². The number of nitrogens with one attached hydrogen (secondary N) is 2. The van der Waals surface area contributed by atoms with Gasteiger partial charge in [-0.15, -0.1) is 24.0 Å². The van der Waals surface area contributed by atoms with Gasteiger partial charge >= 0.3 is 0 Å². The fraction of sp³-hybridized carbons (Fsp3) is 0.412. The van der Waals surface area contributed by atoms with Crippen molar-refractivity contribution in [2.75, 3.05) is 25.6 Å². The molecule has 1 aromatic heterocycles. The van der Waals surface area contributed by atoms with Crippen LogP contribution in [-0.4, -0.2) is 41.3 Å². The molecule has 1 heterocycles. The van der Waals surface area contributed by atoms with Crippen molar-refractivity contribution in [2.45, 2.75) is 19.4 Å². The predicted octanol–water partition coefficient (Wildman–Crippen LogP) is 3.47. The molecule has 0 saturated heterocycles. The molecule has 0 aliphatic carbocycles. The summed E-state index contributed by atoms with van der Waals surface area (Å²) in [6.45, 7) is 3.07. The van der Waals surface area contributed by atoms with Crippen LogP contribution in [0.5, 0.6) is 0 Å². The number of hydrogen-bond donors (Lipinski definition) is 2. The molecule has 0 aliphatic heterocycles. The molecule has 0 fully saturated rings. The maximum absolute atomic E-state index is 4.29. The van der Waals surface area contributed by atoms with E-state index < -0.39 is 0 Å². The molecule has 2 rings (SSSR count). The number of aromatic nitrogens is 2. The molecule has 1 unspecified atom stereocenters. The molecule has 2 aromatic rings. The highest BCUT2D eigenvalue weighted by Gasteiger charge is 2.09. The zero-order valence-electron chi connectivity index (χ0n) is 14.4. The molecule has 24 heavy (non-hydrogen) atoms. The summed E-state index contributed by atoms with van der Waals surface area (Å²) < 4.78 is 1.87. The number of thioether (sulfide) groups is 1. The van der Waals surface area contributed by atoms with E-state index in [0.29, 0.717) is 0 Å². The standard InChI is InChI=1S/C17H25N5S.HI/c1-14(21-17(18-2)19-9-6-12-23-3)15-7-4-8-16(13-15)22-11-5-10-20-22;/h4-5,7-8,10-11,13-14H,6,9,12H2,1-3H3,(H2,18,19,21);1H. The summed E-state index contributed by atoms with van der Waals surface area (Å²) in [7, 11) is 1.80. The minimum absolute atomic E-state index is 0. The number of guanidine groups is 1. The van der Waals surface area contributed by atoms with Gasteiger partial charge in [-0.2, -0.15) is 16.9 Å². The monoisotopic (exact) mass is 459 g/mol. The Morgan fingerprint density at radius 3 is 2.88 bits per heavy atom. The van der Waals surface area contributed by atoms with E-state index in [0.717, 1.165) is 30.4 Å². The van der Waals surface area contributed by atoms with Gasteiger partial charge in [-0.3, -0.25) is 4.99 Å². The first-order chi connectivity index (χ1) is 11.2. The van der Waals surface area contributed by atoms with Crippen molar-refractivity contribution in [1.82, 2.24) is 20.4 Å². The Hall–Kier alpha value is -1.22. The molecule has 0 spiro atoms. The maximum atomic E-state index is 4.29. The number of aliphatic imine (C=N–C) groups is 1. The summed E-state index contributed by atoms with van der Waals surface area (Å²) >= 11 is 1.86. The van der Waals surface area contributed by atoms with E-state index in [1.807, 2.05) is 28.7 Å². The van der Waals surface area contributed by atoms with Crippen molar-refractivity contribution >= 4 is 41.7 Å². The predicted molar refractivity (Wildman–Crippen MR) is 115 cm³/mol. The minimum atomic E-state index is 0. The van der Waals surface area contributed by atoms with Gasteiger partial charge in [0.1, 0.15) is 0 Å². The molecular formula is C17H26IN5S. The van der Waals surface area contributed by atoms with Gasteiger partial charge < -0.3 is 10.6 Å². The number of halogens is 1. The topological polar surface area (TPSA) is 54.2 Å². The van der Waals surface area contributed by atoms with E-state index in [1.165, 1.54) is 5.56 Å². The van der Waals surface area contributed by atoms with Crippen LogP contribution in [0.15, 0.2) is 47.7 Å². The average molecular weight is 459 g/mol. The van der Waals surface area contributed by atoms with Crippen molar-refractivity contribution in [3.63, 3.8) is 0 Å². The van der Waals surface area contributed by atoms with Crippen molar-refractivity contribution < 1.29 is 0 Å². The minimum Gasteiger partial charge on any atom is -0.356 e. The third-order valence-electron chi connectivity index (χ3n) is 3.53. The number of benzene rings is 1. The summed E-state index contributed by atoms with van der Waals surface area (Å²) in [6, 6.07) is 10.5. The second kappa shape index (κ2) is 11.4. The van der Waals surface area contributed by atoms with Crippen LogP contribution in [0.4, 0.5) is 0 Å². The summed E-state index contributed by atoms with van der Waals surface area (Å²) in [6.07, 6.45) is 6.99. The molecule has 0 saturated carbocycles. The van der Waals surface area contributed by atoms with Crippen LogP contribution < -0.4 is 10.6 Å². The van der Waals surface area contributed by atoms with E-state index in [9.17, 15) is 0 Å². The van der Waals surface area contributed by atoms with Gasteiger partial charge in [-0.05, 0) is 49.1 Å². The lowest BCUT2D eigenvalue weighted by Crippen LogP contribution is -2.39. The number of nitrogens with zero attached hydrogens (tertiary/aromatic N) is 3. The van der Waals surface area contributed by atoms with Gasteiger partial charge in [0.2, 0.25) is 0 Å². The van der Waals surface area contributed by atoms with Gasteiger partial charge in [0.25, 0.3) is 0 Å². The van der Waals surface area contributed by atoms with Gasteiger partial charge in [-0.25, -0.2) is 4.68 Å². The zero-order chi connectivity index (χ0) is 16.5. The van der Waals surface area contributed by atoms with E-state index >= 15 is 0 Å². The number of rotatable bonds is 7. The Kier molecular flexibility index (Phi) is 9.85. The van der Waals surface area contributed by atoms with Crippen LogP contribution in [0, 0.1) is 0 Å². The summed E-state index contributed by atoms with van der Waals surface area (Å²) in [5, 5.41) is 11.1. The highest BCUT2D eigenvalue weighted by atomic mass is 127. The lowest BCUT2D eigenvalue weighted by atomic mass is 10.1. The molecule has 7 heteroatoms. The molecule has 5 nitrogen and oxygen atoms in total. The Bertz CT molecular complexity index is 615. The van der Waals surface area contributed by atoms with Gasteiger partial charge in [-0.1, -0.05) is 12.1 Å². The van der Waals surface area contributed by atoms with Crippen LogP contribution in [0.25, 0.3) is 5.69 Å². The van der Waals surface area contributed by atoms with Gasteiger partial charge in [0.05, 0.1) is 11.7 Å². The third-order valence-corrected chi connectivity index (χ3v) is 4.23. The lowest BCUT2D eigenvalue weighted by molar-refractivity contribution is 0.681. The van der Waals surface area contributed by atoms with Crippen molar-refractivity contribution in [1.29, 1.82) is 0 Å². The molecule has 0 radical (unpaired) electrons. The van der Waals surface area contributed by atoms with Gasteiger partial charge in [0.15, 0.2) is 5.96 Å². The van der Waals surface area contributed by atoms with Crippen LogP contribution in [0.2, 0.25) is 0 Å². The quantitative estimate of drug-likeness (QED) is 0.288. The van der Waals surface area contributed by atoms with Crippen molar-refractivity contribution in [3.05, 3.63) is 48.3 Å². The Labute approximate surface area is 165 Å². The van der Waals surface area contributed by atoms with Crippen LogP contribution in [0.3, 0.4) is 0 Å². The van der Waals surface area contributed by atoms with E-state index in [2.05, 4.69) is 58.2 Å². The fourth-order valence-corrected chi connectivity index (χ4v) is 2.70. The largest absolute Gasteiger partial charge is 0.356 e. The van der Waals surface area contributed by atoms with E-state index in [1.54, 1.807) is 13.2 Å². The molecule has 1 aromatic carbocycles. The third kappa shape index (κ3) is 6.35. The smallest absolute Gasteiger partial charge is 0.191 e. The highest BCUT2D eigenvalue weighted by molar-refractivity contribution is 14.0. The molecular weight excluding hydrogens is 433 g/mol. The SMILES string of the molecule is CN=C(NCCCSC)NC(C)c1cccc(-n2cccn2)c1.I. The van der Waals surface area contributed by atoms with Crippen molar-refractivity contribution in [3.8, 4) is 5.69 Å². The first kappa shape index (κ1) is 20.8. The maximum Gasteiger partial charge on any atom is 0.191 e. The zero-order valence-corrected chi connectivity index (χ0v) is 17.5. The molecule has 0 bridgehead atoms. The molecule has 132 valence electrons. The van der Waals surface area contributed by atoms with Crippen molar-refractivity contribution in [2.24, 2.45) is 4.99 Å². The Morgan fingerprint density at radius 2 is 2.21 bits per heavy atom. The molecule has 0 amide bonds. The highest BCUT2D eigenvalue weighted by Crippen LogP contribution is 2.16. The molecule has 2 N–H and O–H groups in total. The Balaban J connectivity index is 0.00000288. The summed E-state index contributed by atoms with van der Waals surface area (Å²) in [5.74, 6) is 1.99. The normalized spacial score (nSPS) is 12.4. The number of hydrogen-bond acceptors (Lipinski definition) is 3. The molecule has 0 aliphatic rings. The first-order valence-electron chi connectivity index (χ1n) is 7.80. The second-order valence-electron chi connectivity index (χ2n) is 5.26. The summed E-state index contributed by atoms with van der Waals surface area (Å²) in [4.78, 5) is 4.29.